The van der Waals surface area contributed by atoms with Gasteiger partial charge in [-0.3, -0.25) is 0 Å². The summed E-state index contributed by atoms with van der Waals surface area (Å²) in [5.41, 5.74) is 1.17. The van der Waals surface area contributed by atoms with Crippen molar-refractivity contribution in [3.8, 4) is 11.3 Å². The maximum atomic E-state index is 13.2. The van der Waals surface area contributed by atoms with Crippen LogP contribution in [-0.4, -0.2) is 16.5 Å². The fraction of sp³-hybridized carbons (Fsp3) is 0.231. The number of rotatable bonds is 4. The first-order valence-corrected chi connectivity index (χ1v) is 6.10. The van der Waals surface area contributed by atoms with Crippen LogP contribution in [0.2, 0.25) is 5.02 Å². The van der Waals surface area contributed by atoms with E-state index in [2.05, 4.69) is 22.2 Å². The van der Waals surface area contributed by atoms with Crippen LogP contribution in [0.3, 0.4) is 0 Å². The second-order valence-electron chi connectivity index (χ2n) is 3.84. The lowest BCUT2D eigenvalue weighted by Crippen LogP contribution is -2.02. The molecule has 0 saturated heterocycles. The first-order chi connectivity index (χ1) is 8.70. The van der Waals surface area contributed by atoms with Gasteiger partial charge in [0.25, 0.3) is 0 Å². The Kier molecular flexibility index (Phi) is 4.10. The van der Waals surface area contributed by atoms with Crippen molar-refractivity contribution in [3.05, 3.63) is 41.4 Å². The Hall–Kier alpha value is -1.68. The van der Waals surface area contributed by atoms with Crippen LogP contribution in [0, 0.1) is 5.82 Å². The van der Waals surface area contributed by atoms with Gasteiger partial charge in [0.15, 0.2) is 0 Å². The van der Waals surface area contributed by atoms with Gasteiger partial charge in [-0.1, -0.05) is 18.5 Å². The number of halogens is 2. The van der Waals surface area contributed by atoms with Crippen LogP contribution in [-0.2, 0) is 0 Å². The van der Waals surface area contributed by atoms with Crippen LogP contribution < -0.4 is 5.32 Å². The van der Waals surface area contributed by atoms with Crippen molar-refractivity contribution in [1.82, 2.24) is 9.97 Å². The summed E-state index contributed by atoms with van der Waals surface area (Å²) in [5, 5.41) is 3.62. The number of hydrogen-bond donors (Lipinski definition) is 1. The van der Waals surface area contributed by atoms with Crippen molar-refractivity contribution in [2.45, 2.75) is 13.3 Å². The summed E-state index contributed by atoms with van der Waals surface area (Å²) in [6.07, 6.45) is 2.44. The Morgan fingerprint density at radius 2 is 2.11 bits per heavy atom. The molecule has 0 aliphatic rings. The SMILES string of the molecule is CCCNc1cc(-c2cc(F)ccc2Cl)ncn1. The van der Waals surface area contributed by atoms with Gasteiger partial charge in [0.2, 0.25) is 0 Å². The van der Waals surface area contributed by atoms with Crippen molar-refractivity contribution < 1.29 is 4.39 Å². The van der Waals surface area contributed by atoms with Gasteiger partial charge in [-0.2, -0.15) is 0 Å². The molecule has 0 fully saturated rings. The molecule has 0 bridgehead atoms. The third-order valence-electron chi connectivity index (χ3n) is 2.43. The van der Waals surface area contributed by atoms with Crippen molar-refractivity contribution in [3.63, 3.8) is 0 Å². The summed E-state index contributed by atoms with van der Waals surface area (Å²) in [6, 6.07) is 5.97. The first kappa shape index (κ1) is 12.8. The zero-order chi connectivity index (χ0) is 13.0. The van der Waals surface area contributed by atoms with Crippen LogP contribution in [0.25, 0.3) is 11.3 Å². The Morgan fingerprint density at radius 1 is 1.28 bits per heavy atom. The van der Waals surface area contributed by atoms with Gasteiger partial charge in [0.1, 0.15) is 18.0 Å². The third kappa shape index (κ3) is 2.96. The molecule has 1 heterocycles. The summed E-state index contributed by atoms with van der Waals surface area (Å²) < 4.78 is 13.2. The lowest BCUT2D eigenvalue weighted by atomic mass is 10.1. The molecule has 2 aromatic rings. The molecule has 1 aromatic carbocycles. The predicted octanol–water partition coefficient (Wildman–Crippen LogP) is 3.76. The van der Waals surface area contributed by atoms with Crippen LogP contribution in [0.4, 0.5) is 10.2 Å². The monoisotopic (exact) mass is 265 g/mol. The van der Waals surface area contributed by atoms with E-state index in [9.17, 15) is 4.39 Å². The maximum absolute atomic E-state index is 13.2. The highest BCUT2D eigenvalue weighted by atomic mass is 35.5. The predicted molar refractivity (Wildman–Crippen MR) is 71.2 cm³/mol. The second-order valence-corrected chi connectivity index (χ2v) is 4.25. The number of aromatic nitrogens is 2. The molecule has 0 aliphatic heterocycles. The molecule has 5 heteroatoms. The summed E-state index contributed by atoms with van der Waals surface area (Å²) in [7, 11) is 0. The lowest BCUT2D eigenvalue weighted by molar-refractivity contribution is 0.628. The Balaban J connectivity index is 2.35. The Morgan fingerprint density at radius 3 is 2.89 bits per heavy atom. The van der Waals surface area contributed by atoms with Crippen molar-refractivity contribution in [2.75, 3.05) is 11.9 Å². The highest BCUT2D eigenvalue weighted by molar-refractivity contribution is 6.33. The Bertz CT molecular complexity index is 546. The van der Waals surface area contributed by atoms with E-state index in [-0.39, 0.29) is 5.82 Å². The smallest absolute Gasteiger partial charge is 0.129 e. The summed E-state index contributed by atoms with van der Waals surface area (Å²) in [6.45, 7) is 2.89. The summed E-state index contributed by atoms with van der Waals surface area (Å²) in [4.78, 5) is 8.21. The number of benzene rings is 1. The summed E-state index contributed by atoms with van der Waals surface area (Å²) >= 11 is 6.04. The van der Waals surface area contributed by atoms with Crippen LogP contribution in [0.1, 0.15) is 13.3 Å². The topological polar surface area (TPSA) is 37.8 Å². The van der Waals surface area contributed by atoms with Crippen LogP contribution >= 0.6 is 11.6 Å². The molecule has 18 heavy (non-hydrogen) atoms. The van der Waals surface area contributed by atoms with Crippen molar-refractivity contribution in [1.29, 1.82) is 0 Å². The van der Waals surface area contributed by atoms with Crippen molar-refractivity contribution in [2.24, 2.45) is 0 Å². The fourth-order valence-electron chi connectivity index (χ4n) is 1.55. The molecule has 0 spiro atoms. The third-order valence-corrected chi connectivity index (χ3v) is 2.76. The molecule has 2 rings (SSSR count). The molecular formula is C13H13ClFN3. The van der Waals surface area contributed by atoms with Crippen LogP contribution in [0.15, 0.2) is 30.6 Å². The number of anilines is 1. The normalized spacial score (nSPS) is 10.4. The van der Waals surface area contributed by atoms with E-state index < -0.39 is 0 Å². The molecule has 1 aromatic heterocycles. The van der Waals surface area contributed by atoms with E-state index in [1.54, 1.807) is 6.07 Å². The molecule has 0 aliphatic carbocycles. The summed E-state index contributed by atoms with van der Waals surface area (Å²) in [5.74, 6) is 0.373. The molecule has 1 N–H and O–H groups in total. The van der Waals surface area contributed by atoms with Gasteiger partial charge >= 0.3 is 0 Å². The number of nitrogens with zero attached hydrogens (tertiary/aromatic N) is 2. The second kappa shape index (κ2) is 5.78. The zero-order valence-corrected chi connectivity index (χ0v) is 10.7. The quantitative estimate of drug-likeness (QED) is 0.915. The maximum Gasteiger partial charge on any atom is 0.129 e. The standard InChI is InChI=1S/C13H13ClFN3/c1-2-5-16-13-7-12(17-8-18-13)10-6-9(15)3-4-11(10)14/h3-4,6-8H,2,5H2,1H3,(H,16,17,18). The van der Waals surface area contributed by atoms with Gasteiger partial charge in [0.05, 0.1) is 10.7 Å². The van der Waals surface area contributed by atoms with Gasteiger partial charge < -0.3 is 5.32 Å². The highest BCUT2D eigenvalue weighted by Gasteiger charge is 2.07. The molecule has 94 valence electrons. The number of hydrogen-bond acceptors (Lipinski definition) is 3. The fourth-order valence-corrected chi connectivity index (χ4v) is 1.76. The van der Waals surface area contributed by atoms with E-state index in [4.69, 9.17) is 11.6 Å². The van der Waals surface area contributed by atoms with Gasteiger partial charge in [-0.25, -0.2) is 14.4 Å². The minimum atomic E-state index is -0.337. The van der Waals surface area contributed by atoms with Gasteiger partial charge in [0, 0.05) is 18.2 Å². The van der Waals surface area contributed by atoms with E-state index in [1.165, 1.54) is 24.5 Å². The minimum absolute atomic E-state index is 0.337. The lowest BCUT2D eigenvalue weighted by Gasteiger charge is -2.07. The molecule has 0 amide bonds. The molecule has 0 radical (unpaired) electrons. The minimum Gasteiger partial charge on any atom is -0.370 e. The molecule has 3 nitrogen and oxygen atoms in total. The molecule has 0 unspecified atom stereocenters. The van der Waals surface area contributed by atoms with E-state index in [0.717, 1.165) is 13.0 Å². The average Bonchev–Trinajstić information content (AvgIpc) is 2.39. The van der Waals surface area contributed by atoms with E-state index >= 15 is 0 Å². The van der Waals surface area contributed by atoms with E-state index in [1.807, 2.05) is 0 Å². The zero-order valence-electron chi connectivity index (χ0n) is 9.95. The van der Waals surface area contributed by atoms with Gasteiger partial charge in [-0.15, -0.1) is 0 Å². The number of nitrogens with one attached hydrogen (secondary N) is 1. The highest BCUT2D eigenvalue weighted by Crippen LogP contribution is 2.27. The Labute approximate surface area is 110 Å². The molecule has 0 atom stereocenters. The van der Waals surface area contributed by atoms with E-state index in [0.29, 0.717) is 22.1 Å². The largest absolute Gasteiger partial charge is 0.370 e. The van der Waals surface area contributed by atoms with Gasteiger partial charge in [-0.05, 0) is 24.6 Å². The molecule has 0 saturated carbocycles. The average molecular weight is 266 g/mol. The van der Waals surface area contributed by atoms with Crippen molar-refractivity contribution >= 4 is 17.4 Å². The molecular weight excluding hydrogens is 253 g/mol. The first-order valence-electron chi connectivity index (χ1n) is 5.72. The van der Waals surface area contributed by atoms with Crippen LogP contribution in [0.5, 0.6) is 0 Å².